The van der Waals surface area contributed by atoms with Crippen LogP contribution in [0, 0.1) is 0 Å². The van der Waals surface area contributed by atoms with E-state index in [4.69, 9.17) is 9.47 Å². The van der Waals surface area contributed by atoms with Gasteiger partial charge in [0.25, 0.3) is 0 Å². The average Bonchev–Trinajstić information content (AvgIpc) is 3.11. The zero-order valence-corrected chi connectivity index (χ0v) is 12.6. The lowest BCUT2D eigenvalue weighted by molar-refractivity contribution is -0.121. The minimum absolute atomic E-state index is 0.0560. The Bertz CT molecular complexity index is 732. The minimum atomic E-state index is -0.595. The van der Waals surface area contributed by atoms with Crippen molar-refractivity contribution in [3.63, 3.8) is 0 Å². The number of rotatable bonds is 3. The highest BCUT2D eigenvalue weighted by atomic mass is 16.6. The molecule has 0 spiro atoms. The van der Waals surface area contributed by atoms with Gasteiger partial charge in [-0.1, -0.05) is 42.5 Å². The van der Waals surface area contributed by atoms with Crippen molar-refractivity contribution in [3.05, 3.63) is 48.0 Å². The summed E-state index contributed by atoms with van der Waals surface area (Å²) >= 11 is 0. The third kappa shape index (κ3) is 2.83. The first kappa shape index (κ1) is 14.6. The molecule has 2 aromatic rings. The van der Waals surface area contributed by atoms with Crippen LogP contribution in [0.4, 0.5) is 0 Å². The molecule has 0 unspecified atom stereocenters. The van der Waals surface area contributed by atoms with Crippen LogP contribution in [0.25, 0.3) is 10.8 Å². The van der Waals surface area contributed by atoms with E-state index >= 15 is 0 Å². The van der Waals surface area contributed by atoms with Crippen LogP contribution < -0.4 is 5.32 Å². The summed E-state index contributed by atoms with van der Waals surface area (Å²) in [6.45, 7) is 0.655. The van der Waals surface area contributed by atoms with Crippen LogP contribution in [0.3, 0.4) is 0 Å². The molecule has 5 heteroatoms. The van der Waals surface area contributed by atoms with Crippen LogP contribution in [-0.4, -0.2) is 48.6 Å². The lowest BCUT2D eigenvalue weighted by Gasteiger charge is -2.17. The van der Waals surface area contributed by atoms with E-state index in [1.165, 1.54) is 0 Å². The number of carbonyl (C=O) groups is 1. The second-order valence-corrected chi connectivity index (χ2v) is 6.20. The van der Waals surface area contributed by atoms with E-state index < -0.39 is 6.10 Å². The molecular weight excluding hydrogens is 294 g/mol. The third-order valence-electron chi connectivity index (χ3n) is 4.55. The van der Waals surface area contributed by atoms with Gasteiger partial charge in [0.1, 0.15) is 18.3 Å². The van der Waals surface area contributed by atoms with E-state index in [0.29, 0.717) is 13.0 Å². The molecule has 5 nitrogen and oxygen atoms in total. The number of nitrogens with one attached hydrogen (secondary N) is 1. The maximum absolute atomic E-state index is 12.3. The smallest absolute Gasteiger partial charge is 0.224 e. The number of ether oxygens (including phenoxy) is 2. The quantitative estimate of drug-likeness (QED) is 0.888. The van der Waals surface area contributed by atoms with Gasteiger partial charge in [-0.05, 0) is 16.3 Å². The van der Waals surface area contributed by atoms with Crippen LogP contribution >= 0.6 is 0 Å². The van der Waals surface area contributed by atoms with Gasteiger partial charge in [-0.2, -0.15) is 0 Å². The Morgan fingerprint density at radius 2 is 1.87 bits per heavy atom. The van der Waals surface area contributed by atoms with Gasteiger partial charge in [0.05, 0.1) is 25.7 Å². The topological polar surface area (TPSA) is 67.8 Å². The fraction of sp³-hybridized carbons (Fsp3) is 0.389. The molecule has 120 valence electrons. The molecule has 2 saturated heterocycles. The summed E-state index contributed by atoms with van der Waals surface area (Å²) in [6.07, 6.45) is -0.838. The number of fused-ring (bicyclic) bond motifs is 2. The van der Waals surface area contributed by atoms with E-state index in [-0.39, 0.29) is 30.8 Å². The van der Waals surface area contributed by atoms with E-state index in [0.717, 1.165) is 16.3 Å². The van der Waals surface area contributed by atoms with E-state index in [1.54, 1.807) is 0 Å². The SMILES string of the molecule is O=C(Cc1ccc2ccccc2c1)N[C@H]1CO[C@H]2[C@@H]1OC[C@@H]2O. The lowest BCUT2D eigenvalue weighted by Crippen LogP contribution is -2.44. The Hall–Kier alpha value is -1.95. The summed E-state index contributed by atoms with van der Waals surface area (Å²) in [5.41, 5.74) is 0.976. The average molecular weight is 313 g/mol. The molecule has 2 N–H and O–H groups in total. The minimum Gasteiger partial charge on any atom is -0.388 e. The summed E-state index contributed by atoms with van der Waals surface area (Å²) in [4.78, 5) is 12.3. The van der Waals surface area contributed by atoms with E-state index in [1.807, 2.05) is 36.4 Å². The van der Waals surface area contributed by atoms with Crippen molar-refractivity contribution in [2.45, 2.75) is 30.8 Å². The molecule has 2 aromatic carbocycles. The molecule has 23 heavy (non-hydrogen) atoms. The molecule has 2 aliphatic rings. The highest BCUT2D eigenvalue weighted by Gasteiger charge is 2.47. The van der Waals surface area contributed by atoms with Crippen LogP contribution in [0.15, 0.2) is 42.5 Å². The Morgan fingerprint density at radius 3 is 2.74 bits per heavy atom. The van der Waals surface area contributed by atoms with E-state index in [9.17, 15) is 9.90 Å². The van der Waals surface area contributed by atoms with Gasteiger partial charge in [-0.25, -0.2) is 0 Å². The first-order valence-electron chi connectivity index (χ1n) is 7.89. The number of amides is 1. The molecule has 4 rings (SSSR count). The van der Waals surface area contributed by atoms with Gasteiger partial charge in [-0.3, -0.25) is 4.79 Å². The monoisotopic (exact) mass is 313 g/mol. The number of carbonyl (C=O) groups excluding carboxylic acids is 1. The lowest BCUT2D eigenvalue weighted by atomic mass is 10.0. The zero-order valence-electron chi connectivity index (χ0n) is 12.6. The standard InChI is InChI=1S/C18H19NO4/c20-15-10-23-17-14(9-22-18(15)17)19-16(21)8-11-5-6-12-3-1-2-4-13(12)7-11/h1-7,14-15,17-18,20H,8-10H2,(H,19,21)/t14-,15-,17+,18+/m0/s1. The number of benzene rings is 2. The fourth-order valence-electron chi connectivity index (χ4n) is 3.39. The first-order chi connectivity index (χ1) is 11.2. The molecule has 0 aromatic heterocycles. The molecule has 0 radical (unpaired) electrons. The second-order valence-electron chi connectivity index (χ2n) is 6.20. The van der Waals surface area contributed by atoms with Crippen molar-refractivity contribution in [2.24, 2.45) is 0 Å². The summed E-state index contributed by atoms with van der Waals surface area (Å²) in [5.74, 6) is -0.0560. The third-order valence-corrected chi connectivity index (χ3v) is 4.55. The fourth-order valence-corrected chi connectivity index (χ4v) is 3.39. The molecular formula is C18H19NO4. The zero-order chi connectivity index (χ0) is 15.8. The molecule has 2 heterocycles. The van der Waals surface area contributed by atoms with Gasteiger partial charge >= 0.3 is 0 Å². The van der Waals surface area contributed by atoms with Crippen LogP contribution in [0.5, 0.6) is 0 Å². The number of hydrogen-bond acceptors (Lipinski definition) is 4. The summed E-state index contributed by atoms with van der Waals surface area (Å²) < 4.78 is 11.0. The van der Waals surface area contributed by atoms with Crippen LogP contribution in [-0.2, 0) is 20.7 Å². The molecule has 2 fully saturated rings. The Kier molecular flexibility index (Phi) is 3.77. The Balaban J connectivity index is 1.41. The molecule has 2 aliphatic heterocycles. The van der Waals surface area contributed by atoms with Gasteiger partial charge in [0.15, 0.2) is 0 Å². The predicted octanol–water partition coefficient (Wildman–Crippen LogP) is 1.03. The molecule has 0 saturated carbocycles. The number of aliphatic hydroxyl groups is 1. The molecule has 0 aliphatic carbocycles. The normalized spacial score (nSPS) is 29.6. The number of hydrogen-bond donors (Lipinski definition) is 2. The van der Waals surface area contributed by atoms with Crippen molar-refractivity contribution in [1.82, 2.24) is 5.32 Å². The van der Waals surface area contributed by atoms with Crippen molar-refractivity contribution in [1.29, 1.82) is 0 Å². The summed E-state index contributed by atoms with van der Waals surface area (Å²) in [6, 6.07) is 13.9. The Morgan fingerprint density at radius 1 is 1.09 bits per heavy atom. The highest BCUT2D eigenvalue weighted by molar-refractivity contribution is 5.85. The highest BCUT2D eigenvalue weighted by Crippen LogP contribution is 2.27. The van der Waals surface area contributed by atoms with Crippen LogP contribution in [0.1, 0.15) is 5.56 Å². The van der Waals surface area contributed by atoms with Crippen LogP contribution in [0.2, 0.25) is 0 Å². The van der Waals surface area contributed by atoms with Crippen molar-refractivity contribution >= 4 is 16.7 Å². The first-order valence-corrected chi connectivity index (χ1v) is 7.89. The van der Waals surface area contributed by atoms with E-state index in [2.05, 4.69) is 11.4 Å². The summed E-state index contributed by atoms with van der Waals surface area (Å²) in [5, 5.41) is 15.0. The predicted molar refractivity (Wildman–Crippen MR) is 85.1 cm³/mol. The van der Waals surface area contributed by atoms with Gasteiger partial charge < -0.3 is 19.9 Å². The maximum atomic E-state index is 12.3. The molecule has 0 bridgehead atoms. The van der Waals surface area contributed by atoms with Gasteiger partial charge in [0.2, 0.25) is 5.91 Å². The van der Waals surface area contributed by atoms with Crippen molar-refractivity contribution in [2.75, 3.05) is 13.2 Å². The van der Waals surface area contributed by atoms with Crippen molar-refractivity contribution in [3.8, 4) is 0 Å². The number of aliphatic hydroxyl groups excluding tert-OH is 1. The van der Waals surface area contributed by atoms with Crippen molar-refractivity contribution < 1.29 is 19.4 Å². The summed E-state index contributed by atoms with van der Waals surface area (Å²) in [7, 11) is 0. The van der Waals surface area contributed by atoms with Gasteiger partial charge in [-0.15, -0.1) is 0 Å². The van der Waals surface area contributed by atoms with Gasteiger partial charge in [0, 0.05) is 0 Å². The molecule has 1 amide bonds. The maximum Gasteiger partial charge on any atom is 0.224 e. The second kappa shape index (κ2) is 5.92. The largest absolute Gasteiger partial charge is 0.388 e. The Labute approximate surface area is 134 Å². The molecule has 4 atom stereocenters.